The number of rotatable bonds is 3. The Kier molecular flexibility index (Phi) is 6.30. The molecule has 0 radical (unpaired) electrons. The average Bonchev–Trinajstić information content (AvgIpc) is 2.83. The number of carbonyl (C=O) groups is 2. The van der Waals surface area contributed by atoms with Gasteiger partial charge in [-0.1, -0.05) is 60.1 Å². The Morgan fingerprint density at radius 1 is 0.973 bits per heavy atom. The number of amides is 2. The second-order valence-corrected chi connectivity index (χ2v) is 15.3. The third-order valence-corrected chi connectivity index (χ3v) is 13.8. The maximum atomic E-state index is 13.8. The van der Waals surface area contributed by atoms with Gasteiger partial charge in [-0.15, -0.1) is 0 Å². The summed E-state index contributed by atoms with van der Waals surface area (Å²) in [5.74, 6) is 1.92. The van der Waals surface area contributed by atoms with Crippen LogP contribution in [0.4, 0.5) is 0 Å². The lowest BCUT2D eigenvalue weighted by Gasteiger charge is -2.71. The summed E-state index contributed by atoms with van der Waals surface area (Å²) >= 11 is 0. The van der Waals surface area contributed by atoms with Gasteiger partial charge in [-0.25, -0.2) is 0 Å². The van der Waals surface area contributed by atoms with Crippen LogP contribution in [0, 0.1) is 56.7 Å². The van der Waals surface area contributed by atoms with Gasteiger partial charge in [0, 0.05) is 0 Å². The molecule has 0 aromatic rings. The van der Waals surface area contributed by atoms with E-state index in [1.54, 1.807) is 5.57 Å². The fourth-order valence-corrected chi connectivity index (χ4v) is 11.2. The first kappa shape index (κ1) is 27.2. The van der Waals surface area contributed by atoms with E-state index in [9.17, 15) is 14.7 Å². The first-order chi connectivity index (χ1) is 17.1. The number of allylic oxidation sites excluding steroid dienone is 2. The average molecular weight is 513 g/mol. The molecule has 5 heteroatoms. The summed E-state index contributed by atoms with van der Waals surface area (Å²) in [6.45, 7) is 16.9. The second kappa shape index (κ2) is 8.57. The molecule has 0 aromatic carbocycles. The van der Waals surface area contributed by atoms with Crippen LogP contribution in [-0.4, -0.2) is 29.6 Å². The molecule has 0 saturated heterocycles. The molecule has 0 spiro atoms. The Balaban J connectivity index is 1.57. The van der Waals surface area contributed by atoms with E-state index < -0.39 is 11.3 Å². The van der Waals surface area contributed by atoms with Gasteiger partial charge in [-0.3, -0.25) is 9.59 Å². The van der Waals surface area contributed by atoms with Gasteiger partial charge in [0.05, 0.1) is 18.1 Å². The van der Waals surface area contributed by atoms with Gasteiger partial charge in [-0.05, 0) is 109 Å². The molecule has 0 unspecified atom stereocenters. The molecule has 5 nitrogen and oxygen atoms in total. The number of aliphatic hydroxyl groups excluding tert-OH is 1. The Hall–Kier alpha value is -1.36. The van der Waals surface area contributed by atoms with Gasteiger partial charge in [0.25, 0.3) is 0 Å². The molecule has 0 aliphatic heterocycles. The van der Waals surface area contributed by atoms with Gasteiger partial charge >= 0.3 is 0 Å². The van der Waals surface area contributed by atoms with E-state index in [-0.39, 0.29) is 46.1 Å². The van der Waals surface area contributed by atoms with E-state index >= 15 is 0 Å². The maximum absolute atomic E-state index is 13.8. The molecule has 2 amide bonds. The number of carbonyl (C=O) groups excluding carboxylic acids is 2. The van der Waals surface area contributed by atoms with Crippen molar-refractivity contribution >= 4 is 11.8 Å². The summed E-state index contributed by atoms with van der Waals surface area (Å²) in [6.07, 6.45) is 11.7. The Bertz CT molecular complexity index is 1000. The molecule has 0 bridgehead atoms. The minimum atomic E-state index is -0.475. The van der Waals surface area contributed by atoms with Crippen molar-refractivity contribution in [3.63, 3.8) is 0 Å². The van der Waals surface area contributed by atoms with Crippen LogP contribution in [-0.2, 0) is 9.59 Å². The van der Waals surface area contributed by atoms with Gasteiger partial charge in [0.1, 0.15) is 0 Å². The number of primary amides is 1. The van der Waals surface area contributed by atoms with Crippen LogP contribution in [0.1, 0.15) is 106 Å². The van der Waals surface area contributed by atoms with Gasteiger partial charge in [-0.2, -0.15) is 0 Å². The van der Waals surface area contributed by atoms with Crippen molar-refractivity contribution in [2.45, 2.75) is 112 Å². The van der Waals surface area contributed by atoms with Crippen LogP contribution in [0.3, 0.4) is 0 Å². The number of nitrogens with two attached hydrogens (primary N) is 1. The minimum absolute atomic E-state index is 0.0453. The van der Waals surface area contributed by atoms with Crippen LogP contribution < -0.4 is 11.1 Å². The molecule has 5 rings (SSSR count). The summed E-state index contributed by atoms with van der Waals surface area (Å²) in [4.78, 5) is 25.4. The molecule has 5 aliphatic rings. The van der Waals surface area contributed by atoms with E-state index in [0.29, 0.717) is 23.7 Å². The molecule has 4 N–H and O–H groups in total. The number of hydrogen-bond donors (Lipinski definition) is 3. The molecule has 0 heterocycles. The van der Waals surface area contributed by atoms with Gasteiger partial charge < -0.3 is 16.2 Å². The summed E-state index contributed by atoms with van der Waals surface area (Å²) in [5, 5.41) is 13.9. The normalized spacial score (nSPS) is 50.4. The molecule has 4 fully saturated rings. The third kappa shape index (κ3) is 3.50. The van der Waals surface area contributed by atoms with Crippen molar-refractivity contribution in [3.05, 3.63) is 11.6 Å². The van der Waals surface area contributed by atoms with E-state index in [2.05, 4.69) is 59.9 Å². The highest BCUT2D eigenvalue weighted by atomic mass is 16.3. The number of hydrogen-bond acceptors (Lipinski definition) is 3. The molecule has 5 aliphatic carbocycles. The number of fused-ring (bicyclic) bond motifs is 7. The van der Waals surface area contributed by atoms with Crippen LogP contribution in [0.25, 0.3) is 0 Å². The summed E-state index contributed by atoms with van der Waals surface area (Å²) in [6, 6.07) is 0. The van der Waals surface area contributed by atoms with Crippen LogP contribution >= 0.6 is 0 Å². The van der Waals surface area contributed by atoms with E-state index in [4.69, 9.17) is 5.73 Å². The van der Waals surface area contributed by atoms with Crippen LogP contribution in [0.2, 0.25) is 0 Å². The van der Waals surface area contributed by atoms with Crippen molar-refractivity contribution in [1.29, 1.82) is 0 Å². The zero-order valence-corrected chi connectivity index (χ0v) is 24.5. The lowest BCUT2D eigenvalue weighted by molar-refractivity contribution is -0.204. The smallest absolute Gasteiger partial charge is 0.236 e. The topological polar surface area (TPSA) is 92.4 Å². The number of aliphatic hydroxyl groups is 1. The summed E-state index contributed by atoms with van der Waals surface area (Å²) < 4.78 is 0. The quantitative estimate of drug-likeness (QED) is 0.429. The molecule has 4 saturated carbocycles. The Labute approximate surface area is 224 Å². The van der Waals surface area contributed by atoms with Gasteiger partial charge in [0.15, 0.2) is 0 Å². The monoisotopic (exact) mass is 512 g/mol. The molecule has 37 heavy (non-hydrogen) atoms. The largest absolute Gasteiger partial charge is 0.393 e. The highest BCUT2D eigenvalue weighted by Crippen LogP contribution is 2.75. The van der Waals surface area contributed by atoms with Crippen molar-refractivity contribution < 1.29 is 14.7 Å². The minimum Gasteiger partial charge on any atom is -0.393 e. The third-order valence-electron chi connectivity index (χ3n) is 13.8. The number of nitrogens with one attached hydrogen (secondary N) is 1. The molecular formula is C32H52N2O3. The zero-order chi connectivity index (χ0) is 27.2. The first-order valence-electron chi connectivity index (χ1n) is 15.1. The standard InChI is InChI=1S/C32H52N2O3/c1-19-10-15-32(27(37)34-18-25(33)36)17-16-30(6)21(26(32)20(19)2)8-9-23-29(5)13-12-24(35)28(3,4)22(29)11-14-31(23,30)7/h8,19-20,22-24,26,35H,9-18H2,1-7H3,(H2,33,36)(H,34,37)/t19-,20+,22+,23-,24+,26+,29+,30-,31-,32+/m1/s1. The molecule has 208 valence electrons. The molecule has 0 aromatic heterocycles. The van der Waals surface area contributed by atoms with Crippen LogP contribution in [0.5, 0.6) is 0 Å². The first-order valence-corrected chi connectivity index (χ1v) is 15.1. The van der Waals surface area contributed by atoms with Gasteiger partial charge in [0.2, 0.25) is 11.8 Å². The molecular weight excluding hydrogens is 460 g/mol. The predicted octanol–water partition coefficient (Wildman–Crippen LogP) is 5.61. The van der Waals surface area contributed by atoms with E-state index in [0.717, 1.165) is 44.9 Å². The predicted molar refractivity (Wildman–Crippen MR) is 147 cm³/mol. The van der Waals surface area contributed by atoms with Crippen LogP contribution in [0.15, 0.2) is 11.6 Å². The highest BCUT2D eigenvalue weighted by Gasteiger charge is 2.69. The maximum Gasteiger partial charge on any atom is 0.236 e. The van der Waals surface area contributed by atoms with Crippen molar-refractivity contribution in [1.82, 2.24) is 5.32 Å². The zero-order valence-electron chi connectivity index (χ0n) is 24.5. The lowest BCUT2D eigenvalue weighted by atomic mass is 9.33. The van der Waals surface area contributed by atoms with E-state index in [1.165, 1.54) is 12.8 Å². The Morgan fingerprint density at radius 3 is 2.35 bits per heavy atom. The summed E-state index contributed by atoms with van der Waals surface area (Å²) in [7, 11) is 0. The molecule has 10 atom stereocenters. The lowest BCUT2D eigenvalue weighted by Crippen LogP contribution is -2.66. The second-order valence-electron chi connectivity index (χ2n) is 15.3. The fraction of sp³-hybridized carbons (Fsp3) is 0.875. The Morgan fingerprint density at radius 2 is 1.68 bits per heavy atom. The highest BCUT2D eigenvalue weighted by molar-refractivity contribution is 5.88. The van der Waals surface area contributed by atoms with Crippen molar-refractivity contribution in [2.75, 3.05) is 6.54 Å². The fourth-order valence-electron chi connectivity index (χ4n) is 11.2. The SMILES string of the molecule is C[C@H]1[C@H](C)CC[C@]2(C(=O)NCC(N)=O)CC[C@]3(C)C(=CC[C@@H]4[C@@]5(C)CC[C@H](O)C(C)(C)[C@@H]5CC[C@]43C)[C@H]12. The van der Waals surface area contributed by atoms with Crippen molar-refractivity contribution in [2.24, 2.45) is 62.4 Å². The van der Waals surface area contributed by atoms with Crippen molar-refractivity contribution in [3.8, 4) is 0 Å². The summed E-state index contributed by atoms with van der Waals surface area (Å²) in [5.41, 5.74) is 6.94. The van der Waals surface area contributed by atoms with E-state index in [1.807, 2.05) is 0 Å².